The lowest BCUT2D eigenvalue weighted by molar-refractivity contribution is 0.00897. The van der Waals surface area contributed by atoms with Gasteiger partial charge in [-0.25, -0.2) is 13.2 Å². The molecule has 0 bridgehead atoms. The van der Waals surface area contributed by atoms with Gasteiger partial charge in [0.2, 0.25) is 0 Å². The summed E-state index contributed by atoms with van der Waals surface area (Å²) < 4.78 is 28.0. The molecule has 0 aliphatic heterocycles. The molecule has 1 aromatic rings. The highest BCUT2D eigenvalue weighted by Gasteiger charge is 2.25. The molecule has 0 N–H and O–H groups in total. The van der Waals surface area contributed by atoms with E-state index in [0.717, 1.165) is 25.3 Å². The highest BCUT2D eigenvalue weighted by Crippen LogP contribution is 2.30. The Hall–Kier alpha value is -0.780. The maximum Gasteiger partial charge on any atom is 0.338 e. The maximum atomic E-state index is 11.9. The molecule has 1 saturated carbocycles. The van der Waals surface area contributed by atoms with Crippen LogP contribution in [0, 0.1) is 6.92 Å². The van der Waals surface area contributed by atoms with E-state index in [1.54, 1.807) is 6.92 Å². The van der Waals surface area contributed by atoms with Gasteiger partial charge in [0.25, 0.3) is 9.05 Å². The van der Waals surface area contributed by atoms with Crippen molar-refractivity contribution in [1.82, 2.24) is 0 Å². The van der Waals surface area contributed by atoms with Gasteiger partial charge in [0.15, 0.2) is 0 Å². The molecule has 2 rings (SSSR count). The Bertz CT molecular complexity index is 621. The summed E-state index contributed by atoms with van der Waals surface area (Å²) in [6.45, 7) is 1.61. The van der Waals surface area contributed by atoms with Gasteiger partial charge in [-0.05, 0) is 43.9 Å². The first-order valence-electron chi connectivity index (χ1n) is 5.75. The molecule has 0 unspecified atom stereocenters. The SMILES string of the molecule is Cc1cc(C(=O)OC2CCC2)cc(S(=O)(=O)Cl)c1Cl. The lowest BCUT2D eigenvalue weighted by atomic mass is 9.96. The molecular formula is C12H12Cl2O4S. The Morgan fingerprint density at radius 2 is 2.00 bits per heavy atom. The first-order chi connectivity index (χ1) is 8.79. The summed E-state index contributed by atoms with van der Waals surface area (Å²) in [6, 6.07) is 2.65. The fourth-order valence-corrected chi connectivity index (χ4v) is 3.28. The Kier molecular flexibility index (Phi) is 4.08. The Morgan fingerprint density at radius 3 is 2.47 bits per heavy atom. The molecule has 1 aliphatic rings. The minimum atomic E-state index is -4.00. The molecule has 0 atom stereocenters. The highest BCUT2D eigenvalue weighted by atomic mass is 35.7. The molecule has 7 heteroatoms. The molecule has 1 aliphatic carbocycles. The molecule has 0 amide bonds. The van der Waals surface area contributed by atoms with Crippen LogP contribution in [0.15, 0.2) is 17.0 Å². The smallest absolute Gasteiger partial charge is 0.338 e. The molecule has 1 aromatic carbocycles. The molecule has 0 saturated heterocycles. The third-order valence-electron chi connectivity index (χ3n) is 3.05. The average Bonchev–Trinajstić information content (AvgIpc) is 2.25. The first-order valence-corrected chi connectivity index (χ1v) is 8.43. The fraction of sp³-hybridized carbons (Fsp3) is 0.417. The molecule has 1 fully saturated rings. The van der Waals surface area contributed by atoms with Crippen LogP contribution in [0.1, 0.15) is 35.2 Å². The third-order valence-corrected chi connectivity index (χ3v) is 5.01. The van der Waals surface area contributed by atoms with Crippen LogP contribution in [0.4, 0.5) is 0 Å². The van der Waals surface area contributed by atoms with Gasteiger partial charge >= 0.3 is 5.97 Å². The molecule has 0 spiro atoms. The highest BCUT2D eigenvalue weighted by molar-refractivity contribution is 8.13. The van der Waals surface area contributed by atoms with Gasteiger partial charge in [-0.2, -0.15) is 0 Å². The number of esters is 1. The zero-order chi connectivity index (χ0) is 14.2. The lowest BCUT2D eigenvalue weighted by Crippen LogP contribution is -2.25. The van der Waals surface area contributed by atoms with Gasteiger partial charge < -0.3 is 4.74 Å². The van der Waals surface area contributed by atoms with Crippen LogP contribution in [0.2, 0.25) is 5.02 Å². The van der Waals surface area contributed by atoms with Gasteiger partial charge in [-0.1, -0.05) is 11.6 Å². The van der Waals surface area contributed by atoms with Crippen molar-refractivity contribution in [3.05, 3.63) is 28.3 Å². The predicted molar refractivity (Wildman–Crippen MR) is 72.3 cm³/mol. The summed E-state index contributed by atoms with van der Waals surface area (Å²) in [5, 5.41) is 0.0233. The summed E-state index contributed by atoms with van der Waals surface area (Å²) in [5.41, 5.74) is 0.608. The van der Waals surface area contributed by atoms with E-state index in [9.17, 15) is 13.2 Å². The summed E-state index contributed by atoms with van der Waals surface area (Å²) in [7, 11) is 1.29. The average molecular weight is 323 g/mol. The van der Waals surface area contributed by atoms with E-state index in [4.69, 9.17) is 27.0 Å². The molecule has 4 nitrogen and oxygen atoms in total. The van der Waals surface area contributed by atoms with Crippen molar-refractivity contribution in [2.45, 2.75) is 37.2 Å². The number of halogens is 2. The van der Waals surface area contributed by atoms with Crippen LogP contribution in [0.5, 0.6) is 0 Å². The second-order valence-corrected chi connectivity index (χ2v) is 7.41. The summed E-state index contributed by atoms with van der Waals surface area (Å²) >= 11 is 5.88. The van der Waals surface area contributed by atoms with Crippen molar-refractivity contribution < 1.29 is 17.9 Å². The van der Waals surface area contributed by atoms with Gasteiger partial charge in [0.1, 0.15) is 11.0 Å². The van der Waals surface area contributed by atoms with E-state index in [-0.39, 0.29) is 21.6 Å². The van der Waals surface area contributed by atoms with Crippen molar-refractivity contribution in [2.24, 2.45) is 0 Å². The zero-order valence-electron chi connectivity index (χ0n) is 10.2. The standard InChI is InChI=1S/C12H12Cl2O4S/c1-7-5-8(12(15)18-9-3-2-4-9)6-10(11(7)13)19(14,16)17/h5-6,9H,2-4H2,1H3. The monoisotopic (exact) mass is 322 g/mol. The van der Waals surface area contributed by atoms with Gasteiger partial charge in [0.05, 0.1) is 10.6 Å². The number of carbonyl (C=O) groups excluding carboxylic acids is 1. The van der Waals surface area contributed by atoms with E-state index in [1.165, 1.54) is 6.07 Å². The Labute approximate surface area is 121 Å². The quantitative estimate of drug-likeness (QED) is 0.633. The number of aryl methyl sites for hydroxylation is 1. The number of benzene rings is 1. The molecule has 19 heavy (non-hydrogen) atoms. The van der Waals surface area contributed by atoms with E-state index in [1.807, 2.05) is 0 Å². The van der Waals surface area contributed by atoms with Crippen molar-refractivity contribution in [1.29, 1.82) is 0 Å². The van der Waals surface area contributed by atoms with Gasteiger partial charge in [0, 0.05) is 10.7 Å². The molecule has 0 aromatic heterocycles. The summed E-state index contributed by atoms with van der Waals surface area (Å²) in [5.74, 6) is -0.550. The minimum Gasteiger partial charge on any atom is -0.459 e. The topological polar surface area (TPSA) is 60.4 Å². The number of rotatable bonds is 3. The van der Waals surface area contributed by atoms with Gasteiger partial charge in [-0.3, -0.25) is 0 Å². The zero-order valence-corrected chi connectivity index (χ0v) is 12.5. The van der Waals surface area contributed by atoms with Crippen LogP contribution in [0.3, 0.4) is 0 Å². The van der Waals surface area contributed by atoms with Crippen LogP contribution >= 0.6 is 22.3 Å². The molecule has 0 heterocycles. The van der Waals surface area contributed by atoms with Crippen LogP contribution in [0.25, 0.3) is 0 Å². The first kappa shape index (κ1) is 14.6. The normalized spacial score (nSPS) is 15.9. The van der Waals surface area contributed by atoms with Crippen molar-refractivity contribution >= 4 is 37.3 Å². The third kappa shape index (κ3) is 3.22. The van der Waals surface area contributed by atoms with E-state index in [2.05, 4.69) is 0 Å². The molecular weight excluding hydrogens is 311 g/mol. The maximum absolute atomic E-state index is 11.9. The Morgan fingerprint density at radius 1 is 1.37 bits per heavy atom. The summed E-state index contributed by atoms with van der Waals surface area (Å²) in [4.78, 5) is 11.6. The molecule has 0 radical (unpaired) electrons. The predicted octanol–water partition coefficient (Wildman–Crippen LogP) is 3.29. The minimum absolute atomic E-state index is 0.0233. The van der Waals surface area contributed by atoms with E-state index in [0.29, 0.717) is 5.56 Å². The van der Waals surface area contributed by atoms with Crippen LogP contribution in [-0.2, 0) is 13.8 Å². The number of carbonyl (C=O) groups is 1. The van der Waals surface area contributed by atoms with E-state index < -0.39 is 15.0 Å². The second kappa shape index (κ2) is 5.31. The van der Waals surface area contributed by atoms with Crippen LogP contribution < -0.4 is 0 Å². The Balaban J connectivity index is 2.36. The van der Waals surface area contributed by atoms with Crippen molar-refractivity contribution in [3.63, 3.8) is 0 Å². The van der Waals surface area contributed by atoms with Crippen molar-refractivity contribution in [3.8, 4) is 0 Å². The van der Waals surface area contributed by atoms with Crippen LogP contribution in [-0.4, -0.2) is 20.5 Å². The fourth-order valence-electron chi connectivity index (χ4n) is 1.74. The van der Waals surface area contributed by atoms with Gasteiger partial charge in [-0.15, -0.1) is 0 Å². The summed E-state index contributed by atoms with van der Waals surface area (Å²) in [6.07, 6.45) is 2.66. The number of hydrogen-bond donors (Lipinski definition) is 0. The van der Waals surface area contributed by atoms with Crippen molar-refractivity contribution in [2.75, 3.05) is 0 Å². The number of hydrogen-bond acceptors (Lipinski definition) is 4. The largest absolute Gasteiger partial charge is 0.459 e. The molecule has 104 valence electrons. The van der Waals surface area contributed by atoms with E-state index >= 15 is 0 Å². The lowest BCUT2D eigenvalue weighted by Gasteiger charge is -2.25. The second-order valence-electron chi connectivity index (χ2n) is 4.50. The number of ether oxygens (including phenoxy) is 1.